The largest absolute Gasteiger partial charge is 0.508 e. The number of carbonyl (C=O) groups is 2. The molecule has 110 valence electrons. The summed E-state index contributed by atoms with van der Waals surface area (Å²) in [6.07, 6.45) is 1.41. The number of hydrogen-bond donors (Lipinski definition) is 3. The van der Waals surface area contributed by atoms with Crippen LogP contribution in [0.4, 0.5) is 0 Å². The Kier molecular flexibility index (Phi) is 5.66. The van der Waals surface area contributed by atoms with Gasteiger partial charge in [-0.3, -0.25) is 9.59 Å². The maximum atomic E-state index is 12.3. The fourth-order valence-electron chi connectivity index (χ4n) is 1.91. The van der Waals surface area contributed by atoms with Gasteiger partial charge in [0.1, 0.15) is 5.75 Å². The molecular formula is C14H21N3O3. The van der Waals surface area contributed by atoms with Crippen molar-refractivity contribution in [2.24, 2.45) is 0 Å². The molecule has 0 saturated carbocycles. The highest BCUT2D eigenvalue weighted by Crippen LogP contribution is 2.21. The molecule has 1 aromatic carbocycles. The Balaban J connectivity index is 2.82. The van der Waals surface area contributed by atoms with Crippen molar-refractivity contribution in [3.05, 3.63) is 29.8 Å². The minimum Gasteiger partial charge on any atom is -0.508 e. The van der Waals surface area contributed by atoms with E-state index in [9.17, 15) is 14.7 Å². The Labute approximate surface area is 118 Å². The van der Waals surface area contributed by atoms with Crippen molar-refractivity contribution in [3.8, 4) is 5.75 Å². The molecule has 0 fully saturated rings. The average molecular weight is 279 g/mol. The van der Waals surface area contributed by atoms with Crippen LogP contribution in [0.2, 0.25) is 0 Å². The lowest BCUT2D eigenvalue weighted by atomic mass is 9.92. The molecule has 0 aromatic heterocycles. The molecule has 3 N–H and O–H groups in total. The molecule has 0 saturated heterocycles. The van der Waals surface area contributed by atoms with Gasteiger partial charge in [0.2, 0.25) is 6.41 Å². The number of hydrogen-bond acceptors (Lipinski definition) is 5. The summed E-state index contributed by atoms with van der Waals surface area (Å²) in [6, 6.07) is 7.00. The van der Waals surface area contributed by atoms with Crippen molar-refractivity contribution in [3.63, 3.8) is 0 Å². The number of nitrogens with one attached hydrogen (secondary N) is 2. The van der Waals surface area contributed by atoms with Gasteiger partial charge in [-0.25, -0.2) is 10.4 Å². The van der Waals surface area contributed by atoms with Crippen LogP contribution in [0.3, 0.4) is 0 Å². The molecule has 1 aromatic rings. The highest BCUT2D eigenvalue weighted by Gasteiger charge is 2.34. The van der Waals surface area contributed by atoms with Crippen LogP contribution in [-0.2, 0) is 16.0 Å². The van der Waals surface area contributed by atoms with Gasteiger partial charge in [0, 0.05) is 7.05 Å². The molecule has 0 heterocycles. The highest BCUT2D eigenvalue weighted by molar-refractivity contribution is 5.92. The molecule has 0 aliphatic carbocycles. The second-order valence-electron chi connectivity index (χ2n) is 4.71. The summed E-state index contributed by atoms with van der Waals surface area (Å²) >= 11 is 0. The quantitative estimate of drug-likeness (QED) is 0.498. The zero-order valence-corrected chi connectivity index (χ0v) is 12.0. The lowest BCUT2D eigenvalue weighted by Crippen LogP contribution is -2.57. The average Bonchev–Trinajstić information content (AvgIpc) is 2.47. The van der Waals surface area contributed by atoms with E-state index in [1.54, 1.807) is 26.1 Å². The van der Waals surface area contributed by atoms with Gasteiger partial charge in [-0.1, -0.05) is 18.2 Å². The number of rotatable bonds is 7. The first-order valence-electron chi connectivity index (χ1n) is 6.40. The van der Waals surface area contributed by atoms with Gasteiger partial charge >= 0.3 is 0 Å². The van der Waals surface area contributed by atoms with Gasteiger partial charge in [-0.05, 0) is 38.4 Å². The molecule has 0 radical (unpaired) electrons. The summed E-state index contributed by atoms with van der Waals surface area (Å²) in [5, 5.41) is 13.6. The zero-order valence-electron chi connectivity index (χ0n) is 12.0. The Morgan fingerprint density at radius 3 is 2.55 bits per heavy atom. The second kappa shape index (κ2) is 7.02. The monoisotopic (exact) mass is 279 g/mol. The van der Waals surface area contributed by atoms with Crippen LogP contribution in [0.25, 0.3) is 0 Å². The third-order valence-corrected chi connectivity index (χ3v) is 3.47. The minimum absolute atomic E-state index is 0.208. The summed E-state index contributed by atoms with van der Waals surface area (Å²) in [4.78, 5) is 23.1. The fraction of sp³-hybridized carbons (Fsp3) is 0.429. The summed E-state index contributed by atoms with van der Waals surface area (Å²) in [7, 11) is 3.17. The zero-order chi connectivity index (χ0) is 15.2. The summed E-state index contributed by atoms with van der Waals surface area (Å²) in [5.41, 5.74) is 2.40. The number of phenolic OH excluding ortho intramolecular Hbond substituents is 1. The van der Waals surface area contributed by atoms with Crippen molar-refractivity contribution < 1.29 is 14.7 Å². The van der Waals surface area contributed by atoms with E-state index in [4.69, 9.17) is 0 Å². The van der Waals surface area contributed by atoms with Crippen LogP contribution in [0, 0.1) is 0 Å². The number of likely N-dealkylation sites (N-methyl/N-ethyl adjacent to an activating group) is 1. The summed E-state index contributed by atoms with van der Waals surface area (Å²) in [6.45, 7) is 1.73. The van der Waals surface area contributed by atoms with Gasteiger partial charge < -0.3 is 10.4 Å². The number of amides is 2. The number of hydrazine groups is 1. The number of para-hydroxylation sites is 1. The molecule has 6 nitrogen and oxygen atoms in total. The SMILES string of the molecule is CNN(C=O)C(=O)C(C)(CCc1ccccc1O)NC. The molecule has 6 heteroatoms. The van der Waals surface area contributed by atoms with Crippen molar-refractivity contribution in [1.82, 2.24) is 15.8 Å². The lowest BCUT2D eigenvalue weighted by Gasteiger charge is -2.31. The molecule has 0 spiro atoms. The number of imide groups is 1. The molecular weight excluding hydrogens is 258 g/mol. The predicted octanol–water partition coefficient (Wildman–Crippen LogP) is 0.422. The first-order valence-corrected chi connectivity index (χ1v) is 6.40. The van der Waals surface area contributed by atoms with Crippen LogP contribution in [0.1, 0.15) is 18.9 Å². The topological polar surface area (TPSA) is 81.7 Å². The van der Waals surface area contributed by atoms with Crippen LogP contribution in [-0.4, -0.2) is 42.1 Å². The summed E-state index contributed by atoms with van der Waals surface area (Å²) in [5.74, 6) is -0.160. The van der Waals surface area contributed by atoms with Gasteiger partial charge in [-0.15, -0.1) is 0 Å². The number of phenols is 1. The van der Waals surface area contributed by atoms with E-state index in [1.165, 1.54) is 7.05 Å². The van der Waals surface area contributed by atoms with E-state index in [-0.39, 0.29) is 11.7 Å². The van der Waals surface area contributed by atoms with Crippen molar-refractivity contribution in [2.45, 2.75) is 25.3 Å². The lowest BCUT2D eigenvalue weighted by molar-refractivity contribution is -0.146. The number of aryl methyl sites for hydroxylation is 1. The first-order chi connectivity index (χ1) is 9.48. The number of carbonyl (C=O) groups excluding carboxylic acids is 2. The number of benzene rings is 1. The fourth-order valence-corrected chi connectivity index (χ4v) is 1.91. The van der Waals surface area contributed by atoms with Crippen molar-refractivity contribution in [1.29, 1.82) is 0 Å². The van der Waals surface area contributed by atoms with Crippen LogP contribution in [0.5, 0.6) is 5.75 Å². The van der Waals surface area contributed by atoms with E-state index in [0.29, 0.717) is 19.3 Å². The molecule has 0 bridgehead atoms. The molecule has 1 atom stereocenters. The number of aromatic hydroxyl groups is 1. The van der Waals surface area contributed by atoms with E-state index in [0.717, 1.165) is 10.6 Å². The Morgan fingerprint density at radius 2 is 2.05 bits per heavy atom. The Morgan fingerprint density at radius 1 is 1.40 bits per heavy atom. The van der Waals surface area contributed by atoms with Crippen molar-refractivity contribution >= 4 is 12.3 Å². The van der Waals surface area contributed by atoms with E-state index in [2.05, 4.69) is 10.7 Å². The normalized spacial score (nSPS) is 13.6. The smallest absolute Gasteiger partial charge is 0.263 e. The third kappa shape index (κ3) is 3.55. The van der Waals surface area contributed by atoms with Gasteiger partial charge in [0.15, 0.2) is 0 Å². The van der Waals surface area contributed by atoms with Gasteiger partial charge in [-0.2, -0.15) is 0 Å². The molecule has 0 aliphatic heterocycles. The van der Waals surface area contributed by atoms with Crippen LogP contribution in [0.15, 0.2) is 24.3 Å². The maximum absolute atomic E-state index is 12.3. The number of nitrogens with zero attached hydrogens (tertiary/aromatic N) is 1. The van der Waals surface area contributed by atoms with Crippen molar-refractivity contribution in [2.75, 3.05) is 14.1 Å². The molecule has 2 amide bonds. The minimum atomic E-state index is -0.897. The molecule has 1 unspecified atom stereocenters. The van der Waals surface area contributed by atoms with E-state index < -0.39 is 5.54 Å². The Bertz CT molecular complexity index is 478. The third-order valence-electron chi connectivity index (χ3n) is 3.47. The molecule has 1 rings (SSSR count). The highest BCUT2D eigenvalue weighted by atomic mass is 16.3. The van der Waals surface area contributed by atoms with E-state index in [1.807, 2.05) is 12.1 Å². The maximum Gasteiger partial charge on any atom is 0.263 e. The van der Waals surface area contributed by atoms with Gasteiger partial charge in [0.05, 0.1) is 5.54 Å². The predicted molar refractivity (Wildman–Crippen MR) is 75.9 cm³/mol. The van der Waals surface area contributed by atoms with Gasteiger partial charge in [0.25, 0.3) is 5.91 Å². The standard InChI is InChI=1S/C14H21N3O3/c1-14(15-2,13(20)17(10-18)16-3)9-8-11-6-4-5-7-12(11)19/h4-7,10,15-16,19H,8-9H2,1-3H3. The molecule has 0 aliphatic rings. The Hall–Kier alpha value is -1.92. The van der Waals surface area contributed by atoms with E-state index >= 15 is 0 Å². The summed E-state index contributed by atoms with van der Waals surface area (Å²) < 4.78 is 0. The first kappa shape index (κ1) is 16.1. The van der Waals surface area contributed by atoms with Crippen LogP contribution < -0.4 is 10.7 Å². The molecule has 20 heavy (non-hydrogen) atoms. The second-order valence-corrected chi connectivity index (χ2v) is 4.71. The van der Waals surface area contributed by atoms with Crippen LogP contribution >= 0.6 is 0 Å².